The van der Waals surface area contributed by atoms with Crippen molar-refractivity contribution in [3.63, 3.8) is 0 Å². The Labute approximate surface area is 164 Å². The van der Waals surface area contributed by atoms with Gasteiger partial charge in [0.15, 0.2) is 0 Å². The lowest BCUT2D eigenvalue weighted by atomic mass is 10.1. The van der Waals surface area contributed by atoms with Gasteiger partial charge in [-0.3, -0.25) is 4.79 Å². The average Bonchev–Trinajstić information content (AvgIpc) is 3.13. The van der Waals surface area contributed by atoms with Gasteiger partial charge in [0.25, 0.3) is 5.91 Å². The third kappa shape index (κ3) is 4.64. The molecule has 0 aliphatic heterocycles. The Hall–Kier alpha value is -2.99. The minimum Gasteiger partial charge on any atom is -0.383 e. The monoisotopic (exact) mass is 381 g/mol. The van der Waals surface area contributed by atoms with Crippen molar-refractivity contribution < 1.29 is 13.9 Å². The van der Waals surface area contributed by atoms with Gasteiger partial charge in [-0.15, -0.1) is 0 Å². The van der Waals surface area contributed by atoms with E-state index in [1.165, 1.54) is 23.3 Å². The van der Waals surface area contributed by atoms with E-state index in [0.29, 0.717) is 19.7 Å². The van der Waals surface area contributed by atoms with E-state index in [0.717, 1.165) is 5.82 Å². The number of aromatic nitrogens is 2. The van der Waals surface area contributed by atoms with Gasteiger partial charge in [0.05, 0.1) is 18.7 Å². The SMILES string of the molecule is COCCN(Cc1nccn1Cc1ccccc1C)C(=O)c1ccccc1F. The van der Waals surface area contributed by atoms with Gasteiger partial charge in [-0.1, -0.05) is 36.4 Å². The number of carbonyl (C=O) groups excluding carboxylic acids is 1. The number of aryl methyl sites for hydroxylation is 1. The van der Waals surface area contributed by atoms with Crippen molar-refractivity contribution in [3.05, 3.63) is 89.3 Å². The summed E-state index contributed by atoms with van der Waals surface area (Å²) in [4.78, 5) is 18.9. The van der Waals surface area contributed by atoms with Crippen LogP contribution in [-0.2, 0) is 17.8 Å². The number of hydrogen-bond acceptors (Lipinski definition) is 3. The first kappa shape index (κ1) is 19.8. The maximum absolute atomic E-state index is 14.1. The third-order valence-electron chi connectivity index (χ3n) is 4.69. The summed E-state index contributed by atoms with van der Waals surface area (Å²) < 4.78 is 21.3. The van der Waals surface area contributed by atoms with Crippen LogP contribution in [0.15, 0.2) is 60.9 Å². The molecule has 6 heteroatoms. The molecule has 0 saturated heterocycles. The minimum atomic E-state index is -0.529. The lowest BCUT2D eigenvalue weighted by Crippen LogP contribution is -2.35. The van der Waals surface area contributed by atoms with Crippen molar-refractivity contribution in [2.75, 3.05) is 20.3 Å². The van der Waals surface area contributed by atoms with Crippen LogP contribution in [0.3, 0.4) is 0 Å². The second-order valence-electron chi connectivity index (χ2n) is 6.60. The van der Waals surface area contributed by atoms with Crippen LogP contribution in [0, 0.1) is 12.7 Å². The number of imidazole rings is 1. The zero-order chi connectivity index (χ0) is 19.9. The fraction of sp³-hybridized carbons (Fsp3) is 0.273. The highest BCUT2D eigenvalue weighted by Gasteiger charge is 2.21. The van der Waals surface area contributed by atoms with E-state index in [9.17, 15) is 9.18 Å². The first-order valence-corrected chi connectivity index (χ1v) is 9.17. The summed E-state index contributed by atoms with van der Waals surface area (Å²) in [5.41, 5.74) is 2.43. The van der Waals surface area contributed by atoms with Crippen molar-refractivity contribution in [2.24, 2.45) is 0 Å². The van der Waals surface area contributed by atoms with Gasteiger partial charge in [-0.05, 0) is 30.2 Å². The van der Waals surface area contributed by atoms with Gasteiger partial charge in [0.1, 0.15) is 11.6 Å². The van der Waals surface area contributed by atoms with Crippen LogP contribution >= 0.6 is 0 Å². The van der Waals surface area contributed by atoms with E-state index in [4.69, 9.17) is 4.74 Å². The summed E-state index contributed by atoms with van der Waals surface area (Å²) in [6.45, 7) is 3.71. The van der Waals surface area contributed by atoms with Crippen molar-refractivity contribution >= 4 is 5.91 Å². The lowest BCUT2D eigenvalue weighted by Gasteiger charge is -2.23. The average molecular weight is 381 g/mol. The molecule has 0 atom stereocenters. The Morgan fingerprint density at radius 3 is 2.68 bits per heavy atom. The topological polar surface area (TPSA) is 47.4 Å². The molecule has 5 nitrogen and oxygen atoms in total. The largest absolute Gasteiger partial charge is 0.383 e. The number of nitrogens with zero attached hydrogens (tertiary/aromatic N) is 3. The predicted octanol–water partition coefficient (Wildman–Crippen LogP) is 3.67. The van der Waals surface area contributed by atoms with Gasteiger partial charge in [-0.25, -0.2) is 9.37 Å². The maximum atomic E-state index is 14.1. The fourth-order valence-electron chi connectivity index (χ4n) is 3.04. The molecule has 0 aliphatic rings. The first-order chi connectivity index (χ1) is 13.6. The Balaban J connectivity index is 1.82. The van der Waals surface area contributed by atoms with Crippen LogP contribution in [0.1, 0.15) is 27.3 Å². The van der Waals surface area contributed by atoms with E-state index >= 15 is 0 Å². The summed E-state index contributed by atoms with van der Waals surface area (Å²) in [5.74, 6) is -0.164. The predicted molar refractivity (Wildman–Crippen MR) is 106 cm³/mol. The van der Waals surface area contributed by atoms with Crippen molar-refractivity contribution in [3.8, 4) is 0 Å². The van der Waals surface area contributed by atoms with E-state index in [2.05, 4.69) is 24.0 Å². The van der Waals surface area contributed by atoms with Gasteiger partial charge in [0.2, 0.25) is 0 Å². The molecule has 0 aliphatic carbocycles. The smallest absolute Gasteiger partial charge is 0.257 e. The van der Waals surface area contributed by atoms with Gasteiger partial charge in [-0.2, -0.15) is 0 Å². The fourth-order valence-corrected chi connectivity index (χ4v) is 3.04. The molecular formula is C22H24FN3O2. The standard InChI is InChI=1S/C22H24FN3O2/c1-17-7-3-4-8-18(17)15-25-12-11-24-21(25)16-26(13-14-28-2)22(27)19-9-5-6-10-20(19)23/h3-12H,13-16H2,1-2H3. The van der Waals surface area contributed by atoms with Crippen LogP contribution in [-0.4, -0.2) is 40.6 Å². The number of halogens is 1. The lowest BCUT2D eigenvalue weighted by molar-refractivity contribution is 0.0668. The summed E-state index contributed by atoms with van der Waals surface area (Å²) in [7, 11) is 1.57. The first-order valence-electron chi connectivity index (χ1n) is 9.17. The molecule has 2 aromatic carbocycles. The molecule has 3 aromatic rings. The van der Waals surface area contributed by atoms with Crippen molar-refractivity contribution in [2.45, 2.75) is 20.0 Å². The summed E-state index contributed by atoms with van der Waals surface area (Å²) in [5, 5.41) is 0. The van der Waals surface area contributed by atoms with Crippen LogP contribution in [0.4, 0.5) is 4.39 Å². The number of carbonyl (C=O) groups is 1. The number of benzene rings is 2. The van der Waals surface area contributed by atoms with Crippen molar-refractivity contribution in [1.29, 1.82) is 0 Å². The number of methoxy groups -OCH3 is 1. The summed E-state index contributed by atoms with van der Waals surface area (Å²) in [6.07, 6.45) is 3.61. The Bertz CT molecular complexity index is 939. The molecule has 1 amide bonds. The second-order valence-corrected chi connectivity index (χ2v) is 6.60. The number of hydrogen-bond donors (Lipinski definition) is 0. The number of rotatable bonds is 8. The quantitative estimate of drug-likeness (QED) is 0.598. The summed E-state index contributed by atoms with van der Waals surface area (Å²) >= 11 is 0. The molecule has 0 saturated carbocycles. The van der Waals surface area contributed by atoms with Gasteiger partial charge in [0, 0.05) is 32.6 Å². The number of ether oxygens (including phenoxy) is 1. The van der Waals surface area contributed by atoms with Crippen LogP contribution in [0.5, 0.6) is 0 Å². The molecule has 28 heavy (non-hydrogen) atoms. The molecular weight excluding hydrogens is 357 g/mol. The van der Waals surface area contributed by atoms with Crippen LogP contribution < -0.4 is 0 Å². The maximum Gasteiger partial charge on any atom is 0.257 e. The van der Waals surface area contributed by atoms with Crippen LogP contribution in [0.2, 0.25) is 0 Å². The molecule has 1 heterocycles. The Kier molecular flexibility index (Phi) is 6.55. The second kappa shape index (κ2) is 9.28. The van der Waals surface area contributed by atoms with E-state index in [1.54, 1.807) is 30.3 Å². The zero-order valence-electron chi connectivity index (χ0n) is 16.1. The Morgan fingerprint density at radius 2 is 1.93 bits per heavy atom. The highest BCUT2D eigenvalue weighted by atomic mass is 19.1. The van der Waals surface area contributed by atoms with E-state index < -0.39 is 5.82 Å². The van der Waals surface area contributed by atoms with Crippen molar-refractivity contribution in [1.82, 2.24) is 14.5 Å². The molecule has 0 spiro atoms. The molecule has 0 unspecified atom stereocenters. The van der Waals surface area contributed by atoms with Gasteiger partial charge < -0.3 is 14.2 Å². The van der Waals surface area contributed by atoms with Gasteiger partial charge >= 0.3 is 0 Å². The molecule has 146 valence electrons. The zero-order valence-corrected chi connectivity index (χ0v) is 16.1. The molecule has 3 rings (SSSR count). The van der Waals surface area contributed by atoms with Crippen LogP contribution in [0.25, 0.3) is 0 Å². The Morgan fingerprint density at radius 1 is 1.18 bits per heavy atom. The molecule has 0 bridgehead atoms. The highest BCUT2D eigenvalue weighted by molar-refractivity contribution is 5.94. The normalized spacial score (nSPS) is 10.8. The minimum absolute atomic E-state index is 0.0515. The third-order valence-corrected chi connectivity index (χ3v) is 4.69. The van der Waals surface area contributed by atoms with E-state index in [-0.39, 0.29) is 18.0 Å². The highest BCUT2D eigenvalue weighted by Crippen LogP contribution is 2.15. The molecule has 0 radical (unpaired) electrons. The molecule has 1 aromatic heterocycles. The molecule has 0 N–H and O–H groups in total. The number of amides is 1. The molecule has 0 fully saturated rings. The summed E-state index contributed by atoms with van der Waals surface area (Å²) in [6, 6.07) is 14.2. The van der Waals surface area contributed by atoms with E-state index in [1.807, 2.05) is 22.9 Å².